The Morgan fingerprint density at radius 3 is 2.90 bits per heavy atom. The topological polar surface area (TPSA) is 94.1 Å². The van der Waals surface area contributed by atoms with Crippen LogP contribution in [0.15, 0.2) is 0 Å². The standard InChI is InChI=1S/C11H17ClN4O3S/c1-2-5-19-11-15-9(12)14-10(16-11)13-8-4-3-6-20(17,18)7-8/h8H,2-7H2,1H3,(H,13,14,15,16). The van der Waals surface area contributed by atoms with Crippen LogP contribution in [0.4, 0.5) is 5.95 Å². The van der Waals surface area contributed by atoms with E-state index >= 15 is 0 Å². The highest BCUT2D eigenvalue weighted by molar-refractivity contribution is 7.91. The third-order valence-corrected chi connectivity index (χ3v) is 4.81. The van der Waals surface area contributed by atoms with Gasteiger partial charge in [0, 0.05) is 6.04 Å². The number of anilines is 1. The summed E-state index contributed by atoms with van der Waals surface area (Å²) < 4.78 is 28.5. The molecule has 1 fully saturated rings. The second-order valence-electron chi connectivity index (χ2n) is 4.66. The van der Waals surface area contributed by atoms with E-state index < -0.39 is 9.84 Å². The molecule has 1 unspecified atom stereocenters. The second-order valence-corrected chi connectivity index (χ2v) is 7.22. The van der Waals surface area contributed by atoms with Gasteiger partial charge < -0.3 is 10.1 Å². The lowest BCUT2D eigenvalue weighted by molar-refractivity contribution is 0.291. The molecular formula is C11H17ClN4O3S. The Morgan fingerprint density at radius 2 is 2.20 bits per heavy atom. The molecule has 0 saturated carbocycles. The summed E-state index contributed by atoms with van der Waals surface area (Å²) in [6.45, 7) is 2.45. The largest absolute Gasteiger partial charge is 0.463 e. The van der Waals surface area contributed by atoms with Crippen LogP contribution in [-0.2, 0) is 9.84 Å². The average molecular weight is 321 g/mol. The highest BCUT2D eigenvalue weighted by atomic mass is 35.5. The summed E-state index contributed by atoms with van der Waals surface area (Å²) in [5.41, 5.74) is 0. The summed E-state index contributed by atoms with van der Waals surface area (Å²) in [7, 11) is -2.98. The first-order valence-electron chi connectivity index (χ1n) is 6.50. The maximum absolute atomic E-state index is 11.6. The van der Waals surface area contributed by atoms with Crippen molar-refractivity contribution in [2.45, 2.75) is 32.2 Å². The molecule has 2 rings (SSSR count). The van der Waals surface area contributed by atoms with Crippen LogP contribution in [0.3, 0.4) is 0 Å². The number of halogens is 1. The van der Waals surface area contributed by atoms with Crippen LogP contribution < -0.4 is 10.1 Å². The minimum Gasteiger partial charge on any atom is -0.463 e. The molecule has 1 atom stereocenters. The first-order valence-corrected chi connectivity index (χ1v) is 8.70. The molecule has 0 aromatic carbocycles. The van der Waals surface area contributed by atoms with Gasteiger partial charge in [-0.15, -0.1) is 0 Å². The normalized spacial score (nSPS) is 21.4. The van der Waals surface area contributed by atoms with Crippen LogP contribution in [-0.4, -0.2) is 47.5 Å². The van der Waals surface area contributed by atoms with Gasteiger partial charge >= 0.3 is 6.01 Å². The van der Waals surface area contributed by atoms with Gasteiger partial charge in [0.1, 0.15) is 0 Å². The minimum absolute atomic E-state index is 0.0206. The first kappa shape index (κ1) is 15.2. The molecule has 0 spiro atoms. The summed E-state index contributed by atoms with van der Waals surface area (Å²) in [6.07, 6.45) is 2.22. The minimum atomic E-state index is -2.98. The summed E-state index contributed by atoms with van der Waals surface area (Å²) in [5, 5.41) is 3.01. The number of ether oxygens (including phenoxy) is 1. The SMILES string of the molecule is CCCOc1nc(Cl)nc(NC2CCCS(=O)(=O)C2)n1. The highest BCUT2D eigenvalue weighted by Gasteiger charge is 2.25. The van der Waals surface area contributed by atoms with Gasteiger partial charge in [0.25, 0.3) is 0 Å². The number of sulfone groups is 1. The van der Waals surface area contributed by atoms with E-state index in [1.807, 2.05) is 6.92 Å². The third kappa shape index (κ3) is 4.45. The molecule has 112 valence electrons. The second kappa shape index (κ2) is 6.53. The Labute approximate surface area is 123 Å². The van der Waals surface area contributed by atoms with Gasteiger partial charge in [0.15, 0.2) is 9.84 Å². The molecule has 1 saturated heterocycles. The summed E-state index contributed by atoms with van der Waals surface area (Å²) >= 11 is 5.80. The van der Waals surface area contributed by atoms with Gasteiger partial charge in [-0.1, -0.05) is 6.92 Å². The van der Waals surface area contributed by atoms with E-state index in [9.17, 15) is 8.42 Å². The Balaban J connectivity index is 2.06. The third-order valence-electron chi connectivity index (χ3n) is 2.82. The zero-order valence-corrected chi connectivity index (χ0v) is 12.7. The van der Waals surface area contributed by atoms with E-state index in [-0.39, 0.29) is 34.8 Å². The molecule has 20 heavy (non-hydrogen) atoms. The molecule has 1 aliphatic heterocycles. The molecular weight excluding hydrogens is 304 g/mol. The van der Waals surface area contributed by atoms with Crippen LogP contribution in [0.2, 0.25) is 5.28 Å². The maximum atomic E-state index is 11.6. The fourth-order valence-electron chi connectivity index (χ4n) is 1.97. The van der Waals surface area contributed by atoms with Crippen molar-refractivity contribution >= 4 is 27.4 Å². The van der Waals surface area contributed by atoms with Gasteiger partial charge in [-0.2, -0.15) is 15.0 Å². The Kier molecular flexibility index (Phi) is 4.98. The lowest BCUT2D eigenvalue weighted by Crippen LogP contribution is -2.35. The van der Waals surface area contributed by atoms with Crippen molar-refractivity contribution in [1.29, 1.82) is 0 Å². The maximum Gasteiger partial charge on any atom is 0.322 e. The molecule has 1 aliphatic rings. The van der Waals surface area contributed by atoms with Crippen molar-refractivity contribution < 1.29 is 13.2 Å². The molecule has 9 heteroatoms. The Hall–Kier alpha value is -1.15. The molecule has 1 N–H and O–H groups in total. The lowest BCUT2D eigenvalue weighted by atomic mass is 10.2. The number of hydrogen-bond donors (Lipinski definition) is 1. The number of nitrogens with zero attached hydrogens (tertiary/aromatic N) is 3. The smallest absolute Gasteiger partial charge is 0.322 e. The van der Waals surface area contributed by atoms with E-state index in [4.69, 9.17) is 16.3 Å². The van der Waals surface area contributed by atoms with Gasteiger partial charge in [-0.05, 0) is 30.9 Å². The van der Waals surface area contributed by atoms with E-state index in [1.165, 1.54) is 0 Å². The Morgan fingerprint density at radius 1 is 1.40 bits per heavy atom. The highest BCUT2D eigenvalue weighted by Crippen LogP contribution is 2.17. The zero-order valence-electron chi connectivity index (χ0n) is 11.2. The summed E-state index contributed by atoms with van der Waals surface area (Å²) in [4.78, 5) is 11.9. The predicted octanol–water partition coefficient (Wildman–Crippen LogP) is 1.30. The van der Waals surface area contributed by atoms with Crippen molar-refractivity contribution in [2.75, 3.05) is 23.4 Å². The van der Waals surface area contributed by atoms with E-state index in [0.717, 1.165) is 12.8 Å². The monoisotopic (exact) mass is 320 g/mol. The van der Waals surface area contributed by atoms with Crippen LogP contribution in [0.25, 0.3) is 0 Å². The lowest BCUT2D eigenvalue weighted by Gasteiger charge is -2.22. The van der Waals surface area contributed by atoms with Crippen molar-refractivity contribution in [1.82, 2.24) is 15.0 Å². The number of hydrogen-bond acceptors (Lipinski definition) is 7. The van der Waals surface area contributed by atoms with Crippen LogP contribution in [0.1, 0.15) is 26.2 Å². The molecule has 0 bridgehead atoms. The van der Waals surface area contributed by atoms with Gasteiger partial charge in [0.2, 0.25) is 11.2 Å². The van der Waals surface area contributed by atoms with Gasteiger partial charge in [-0.25, -0.2) is 8.42 Å². The van der Waals surface area contributed by atoms with E-state index in [0.29, 0.717) is 13.0 Å². The number of nitrogens with one attached hydrogen (secondary N) is 1. The van der Waals surface area contributed by atoms with Gasteiger partial charge in [0.05, 0.1) is 18.1 Å². The molecule has 0 amide bonds. The molecule has 2 heterocycles. The van der Waals surface area contributed by atoms with Crippen LogP contribution in [0.5, 0.6) is 6.01 Å². The molecule has 0 radical (unpaired) electrons. The van der Waals surface area contributed by atoms with E-state index in [2.05, 4.69) is 20.3 Å². The number of aromatic nitrogens is 3. The van der Waals surface area contributed by atoms with Crippen LogP contribution >= 0.6 is 11.6 Å². The van der Waals surface area contributed by atoms with Crippen LogP contribution in [0, 0.1) is 0 Å². The molecule has 1 aromatic heterocycles. The summed E-state index contributed by atoms with van der Waals surface area (Å²) in [6, 6.07) is -0.0562. The van der Waals surface area contributed by atoms with Gasteiger partial charge in [-0.3, -0.25) is 0 Å². The summed E-state index contributed by atoms with van der Waals surface area (Å²) in [5.74, 6) is 0.577. The fraction of sp³-hybridized carbons (Fsp3) is 0.727. The Bertz CT molecular complexity index is 567. The van der Waals surface area contributed by atoms with E-state index in [1.54, 1.807) is 0 Å². The van der Waals surface area contributed by atoms with Crippen molar-refractivity contribution in [3.63, 3.8) is 0 Å². The predicted molar refractivity (Wildman–Crippen MR) is 75.9 cm³/mol. The average Bonchev–Trinajstić information content (AvgIpc) is 2.34. The fourth-order valence-corrected chi connectivity index (χ4v) is 3.76. The van der Waals surface area contributed by atoms with Crippen molar-refractivity contribution in [2.24, 2.45) is 0 Å². The zero-order chi connectivity index (χ0) is 14.6. The quantitative estimate of drug-likeness (QED) is 0.873. The number of rotatable bonds is 5. The molecule has 0 aliphatic carbocycles. The first-order chi connectivity index (χ1) is 9.48. The van der Waals surface area contributed by atoms with Crippen molar-refractivity contribution in [3.05, 3.63) is 5.28 Å². The van der Waals surface area contributed by atoms with Crippen molar-refractivity contribution in [3.8, 4) is 6.01 Å². The molecule has 7 nitrogen and oxygen atoms in total. The molecule has 1 aromatic rings.